The van der Waals surface area contributed by atoms with E-state index in [0.717, 1.165) is 32.5 Å². The second-order valence-electron chi connectivity index (χ2n) is 6.88. The van der Waals surface area contributed by atoms with Gasteiger partial charge in [-0.3, -0.25) is 4.79 Å². The predicted octanol–water partition coefficient (Wildman–Crippen LogP) is 2.33. The van der Waals surface area contributed by atoms with Crippen LogP contribution in [-0.4, -0.2) is 42.0 Å². The Hall–Kier alpha value is -0.410. The highest BCUT2D eigenvalue weighted by Gasteiger charge is 2.34. The van der Waals surface area contributed by atoms with Crippen LogP contribution in [0.25, 0.3) is 0 Å². The van der Waals surface area contributed by atoms with Crippen LogP contribution in [0.4, 0.5) is 0 Å². The van der Waals surface area contributed by atoms with Gasteiger partial charge in [-0.05, 0) is 50.0 Å². The van der Waals surface area contributed by atoms with Gasteiger partial charge in [0, 0.05) is 32.0 Å². The minimum absolute atomic E-state index is 0.254. The Morgan fingerprint density at radius 2 is 2.16 bits per heavy atom. The van der Waals surface area contributed by atoms with E-state index in [1.807, 2.05) is 0 Å². The van der Waals surface area contributed by atoms with Crippen molar-refractivity contribution in [3.8, 4) is 0 Å². The fourth-order valence-corrected chi connectivity index (χ4v) is 3.99. The lowest BCUT2D eigenvalue weighted by molar-refractivity contribution is -0.129. The molecule has 110 valence electrons. The van der Waals surface area contributed by atoms with Crippen molar-refractivity contribution in [2.75, 3.05) is 26.2 Å². The molecule has 2 aliphatic rings. The molecule has 0 aromatic rings. The summed E-state index contributed by atoms with van der Waals surface area (Å²) in [5, 5.41) is 9.07. The fourth-order valence-electron chi connectivity index (χ4n) is 3.99. The van der Waals surface area contributed by atoms with E-state index in [2.05, 4.69) is 18.7 Å². The van der Waals surface area contributed by atoms with Crippen LogP contribution in [-0.2, 0) is 4.79 Å². The van der Waals surface area contributed by atoms with E-state index in [0.29, 0.717) is 30.1 Å². The number of aliphatic hydroxyl groups is 1. The van der Waals surface area contributed by atoms with Gasteiger partial charge in [0.2, 0.25) is 0 Å². The summed E-state index contributed by atoms with van der Waals surface area (Å²) in [5.74, 6) is 2.47. The zero-order valence-electron chi connectivity index (χ0n) is 12.5. The van der Waals surface area contributed by atoms with Crippen LogP contribution in [0.5, 0.6) is 0 Å². The summed E-state index contributed by atoms with van der Waals surface area (Å²) in [7, 11) is 0. The average Bonchev–Trinajstić information content (AvgIpc) is 2.35. The van der Waals surface area contributed by atoms with Crippen molar-refractivity contribution in [2.45, 2.75) is 46.0 Å². The number of piperidine rings is 1. The largest absolute Gasteiger partial charge is 0.396 e. The molecular formula is C16H29NO2. The monoisotopic (exact) mass is 267 g/mol. The van der Waals surface area contributed by atoms with Crippen LogP contribution in [0.3, 0.4) is 0 Å². The number of nitrogens with zero attached hydrogens (tertiary/aromatic N) is 1. The number of rotatable bonds is 4. The zero-order chi connectivity index (χ0) is 13.8. The molecule has 1 heterocycles. The van der Waals surface area contributed by atoms with E-state index in [1.54, 1.807) is 0 Å². The molecule has 4 unspecified atom stereocenters. The minimum atomic E-state index is 0.254. The molecule has 1 saturated carbocycles. The van der Waals surface area contributed by atoms with Gasteiger partial charge in [-0.25, -0.2) is 0 Å². The van der Waals surface area contributed by atoms with E-state index in [4.69, 9.17) is 5.11 Å². The first-order valence-corrected chi connectivity index (χ1v) is 7.96. The molecule has 4 atom stereocenters. The Bertz CT molecular complexity index is 303. The molecule has 0 aromatic heterocycles. The van der Waals surface area contributed by atoms with E-state index in [1.165, 1.54) is 19.3 Å². The first kappa shape index (κ1) is 15.0. The topological polar surface area (TPSA) is 40.5 Å². The Kier molecular flexibility index (Phi) is 5.40. The molecule has 1 aliphatic carbocycles. The number of Topliss-reactive ketones (excluding diaryl/α,β-unsaturated/α-hetero) is 1. The number of likely N-dealkylation sites (tertiary alicyclic amines) is 1. The summed E-state index contributed by atoms with van der Waals surface area (Å²) in [4.78, 5) is 14.7. The standard InChI is InChI=1S/C16H29NO2/c1-12-8-13(2)15(16(19)9-12)11-17-6-3-4-14(10-17)5-7-18/h12-15,18H,3-11H2,1-2H3. The van der Waals surface area contributed by atoms with Gasteiger partial charge in [-0.2, -0.15) is 0 Å². The van der Waals surface area contributed by atoms with Crippen LogP contribution in [0, 0.1) is 23.7 Å². The Balaban J connectivity index is 1.87. The second kappa shape index (κ2) is 6.85. The Morgan fingerprint density at radius 1 is 1.37 bits per heavy atom. The van der Waals surface area contributed by atoms with Gasteiger partial charge in [0.15, 0.2) is 0 Å². The number of hydrogen-bond acceptors (Lipinski definition) is 3. The van der Waals surface area contributed by atoms with E-state index in [9.17, 15) is 4.79 Å². The zero-order valence-corrected chi connectivity index (χ0v) is 12.5. The van der Waals surface area contributed by atoms with Gasteiger partial charge >= 0.3 is 0 Å². The van der Waals surface area contributed by atoms with Crippen molar-refractivity contribution in [2.24, 2.45) is 23.7 Å². The number of carbonyl (C=O) groups is 1. The van der Waals surface area contributed by atoms with Gasteiger partial charge in [0.05, 0.1) is 0 Å². The molecule has 1 saturated heterocycles. The molecule has 0 bridgehead atoms. The fraction of sp³-hybridized carbons (Fsp3) is 0.938. The molecule has 19 heavy (non-hydrogen) atoms. The molecule has 1 aliphatic heterocycles. The molecule has 2 rings (SSSR count). The molecule has 3 heteroatoms. The molecule has 2 fully saturated rings. The lowest BCUT2D eigenvalue weighted by Crippen LogP contribution is -2.44. The molecular weight excluding hydrogens is 238 g/mol. The van der Waals surface area contributed by atoms with Crippen LogP contribution >= 0.6 is 0 Å². The molecule has 0 radical (unpaired) electrons. The van der Waals surface area contributed by atoms with Gasteiger partial charge in [0.25, 0.3) is 0 Å². The van der Waals surface area contributed by atoms with Crippen LogP contribution in [0.2, 0.25) is 0 Å². The third-order valence-corrected chi connectivity index (χ3v) is 5.02. The second-order valence-corrected chi connectivity index (χ2v) is 6.88. The van der Waals surface area contributed by atoms with Crippen molar-refractivity contribution < 1.29 is 9.90 Å². The number of aliphatic hydroxyl groups excluding tert-OH is 1. The SMILES string of the molecule is CC1CC(=O)C(CN2CCCC(CCO)C2)C(C)C1. The lowest BCUT2D eigenvalue weighted by Gasteiger charge is -2.38. The highest BCUT2D eigenvalue weighted by molar-refractivity contribution is 5.82. The maximum Gasteiger partial charge on any atom is 0.137 e. The maximum atomic E-state index is 12.2. The van der Waals surface area contributed by atoms with Crippen molar-refractivity contribution in [1.29, 1.82) is 0 Å². The van der Waals surface area contributed by atoms with Gasteiger partial charge in [0.1, 0.15) is 5.78 Å². The summed E-state index contributed by atoms with van der Waals surface area (Å²) in [5.41, 5.74) is 0. The maximum absolute atomic E-state index is 12.2. The smallest absolute Gasteiger partial charge is 0.137 e. The summed E-state index contributed by atoms with van der Waals surface area (Å²) in [6.45, 7) is 7.90. The molecule has 0 amide bonds. The Morgan fingerprint density at radius 3 is 2.84 bits per heavy atom. The summed E-state index contributed by atoms with van der Waals surface area (Å²) in [6.07, 6.45) is 5.35. The van der Waals surface area contributed by atoms with Crippen LogP contribution in [0.15, 0.2) is 0 Å². The average molecular weight is 267 g/mol. The van der Waals surface area contributed by atoms with Crippen LogP contribution < -0.4 is 0 Å². The summed E-state index contributed by atoms with van der Waals surface area (Å²) >= 11 is 0. The molecule has 0 spiro atoms. The van der Waals surface area contributed by atoms with Crippen molar-refractivity contribution in [3.63, 3.8) is 0 Å². The molecule has 0 aromatic carbocycles. The van der Waals surface area contributed by atoms with E-state index in [-0.39, 0.29) is 5.92 Å². The van der Waals surface area contributed by atoms with Crippen molar-refractivity contribution >= 4 is 5.78 Å². The van der Waals surface area contributed by atoms with Gasteiger partial charge in [-0.15, -0.1) is 0 Å². The Labute approximate surface area is 117 Å². The summed E-state index contributed by atoms with van der Waals surface area (Å²) < 4.78 is 0. The quantitative estimate of drug-likeness (QED) is 0.850. The van der Waals surface area contributed by atoms with Gasteiger partial charge < -0.3 is 10.0 Å². The molecule has 1 N–H and O–H groups in total. The number of carbonyl (C=O) groups excluding carboxylic acids is 1. The van der Waals surface area contributed by atoms with Crippen molar-refractivity contribution in [3.05, 3.63) is 0 Å². The number of hydrogen-bond donors (Lipinski definition) is 1. The first-order chi connectivity index (χ1) is 9.10. The minimum Gasteiger partial charge on any atom is -0.396 e. The third-order valence-electron chi connectivity index (χ3n) is 5.02. The van der Waals surface area contributed by atoms with Crippen molar-refractivity contribution in [1.82, 2.24) is 4.90 Å². The summed E-state index contributed by atoms with van der Waals surface area (Å²) in [6, 6.07) is 0. The lowest BCUT2D eigenvalue weighted by atomic mass is 9.74. The highest BCUT2D eigenvalue weighted by atomic mass is 16.3. The van der Waals surface area contributed by atoms with Crippen LogP contribution in [0.1, 0.15) is 46.0 Å². The van der Waals surface area contributed by atoms with E-state index < -0.39 is 0 Å². The first-order valence-electron chi connectivity index (χ1n) is 7.96. The van der Waals surface area contributed by atoms with E-state index >= 15 is 0 Å². The predicted molar refractivity (Wildman–Crippen MR) is 76.9 cm³/mol. The third kappa shape index (κ3) is 4.03. The normalized spacial score (nSPS) is 37.5. The highest BCUT2D eigenvalue weighted by Crippen LogP contribution is 2.32. The molecule has 3 nitrogen and oxygen atoms in total. The number of ketones is 1. The van der Waals surface area contributed by atoms with Gasteiger partial charge in [-0.1, -0.05) is 13.8 Å².